The molecule has 0 aliphatic carbocycles. The van der Waals surface area contributed by atoms with Crippen LogP contribution in [0.3, 0.4) is 0 Å². The Balaban J connectivity index is 0.000000219. The number of benzene rings is 2. The molecule has 2 N–H and O–H groups in total. The topological polar surface area (TPSA) is 94.5 Å². The van der Waals surface area contributed by atoms with Gasteiger partial charge in [0.05, 0.1) is 36.6 Å². The van der Waals surface area contributed by atoms with Gasteiger partial charge in [-0.05, 0) is 43.7 Å². The number of aliphatic hydroxyl groups excluding tert-OH is 2. The van der Waals surface area contributed by atoms with Crippen LogP contribution in [0, 0.1) is 0 Å². The number of carbonyl (C=O) groups excluding carboxylic acids is 1. The minimum absolute atomic E-state index is 0.0736. The molecule has 2 aromatic rings. The molecule has 3 fully saturated rings. The van der Waals surface area contributed by atoms with Gasteiger partial charge in [-0.2, -0.15) is 0 Å². The van der Waals surface area contributed by atoms with E-state index in [0.717, 1.165) is 50.4 Å². The van der Waals surface area contributed by atoms with Crippen LogP contribution in [-0.2, 0) is 23.7 Å². The molecule has 0 radical (unpaired) electrons. The molecule has 3 aliphatic heterocycles. The predicted molar refractivity (Wildman–Crippen MR) is 158 cm³/mol. The number of esters is 1. The van der Waals surface area contributed by atoms with Gasteiger partial charge in [0.2, 0.25) is 0 Å². The molecular formula is C34H44O7. The largest absolute Gasteiger partial charge is 0.463 e. The Bertz CT molecular complexity index is 1140. The van der Waals surface area contributed by atoms with Crippen molar-refractivity contribution in [1.82, 2.24) is 0 Å². The molecule has 0 bridgehead atoms. The Labute approximate surface area is 244 Å². The third kappa shape index (κ3) is 8.04. The van der Waals surface area contributed by atoms with Crippen LogP contribution in [0.4, 0.5) is 0 Å². The molecule has 7 heteroatoms. The summed E-state index contributed by atoms with van der Waals surface area (Å²) < 4.78 is 23.4. The van der Waals surface area contributed by atoms with Gasteiger partial charge < -0.3 is 29.2 Å². The monoisotopic (exact) mass is 564 g/mol. The van der Waals surface area contributed by atoms with E-state index in [2.05, 4.69) is 31.0 Å². The second kappa shape index (κ2) is 16.4. The summed E-state index contributed by atoms with van der Waals surface area (Å²) in [7, 11) is 1.00. The number of hydrogen-bond donors (Lipinski definition) is 2. The summed E-state index contributed by atoms with van der Waals surface area (Å²) in [6, 6.07) is 20.3. The Morgan fingerprint density at radius 2 is 1.68 bits per heavy atom. The lowest BCUT2D eigenvalue weighted by molar-refractivity contribution is -0.148. The maximum Gasteiger partial charge on any atom is 0.336 e. The molecule has 5 atom stereocenters. The van der Waals surface area contributed by atoms with Gasteiger partial charge in [-0.25, -0.2) is 4.79 Å². The van der Waals surface area contributed by atoms with Gasteiger partial charge in [0.25, 0.3) is 0 Å². The summed E-state index contributed by atoms with van der Waals surface area (Å²) >= 11 is 0. The molecule has 5 rings (SSSR count). The predicted octanol–water partition coefficient (Wildman–Crippen LogP) is 5.79. The fourth-order valence-corrected chi connectivity index (χ4v) is 5.63. The first kappa shape index (κ1) is 32.5. The Kier molecular flexibility index (Phi) is 13.0. The van der Waals surface area contributed by atoms with Crippen LogP contribution in [0.2, 0.25) is 0 Å². The summed E-state index contributed by atoms with van der Waals surface area (Å²) in [5.41, 5.74) is 6.06. The molecule has 0 saturated carbocycles. The zero-order chi connectivity index (χ0) is 29.7. The molecule has 2 aromatic carbocycles. The Morgan fingerprint density at radius 1 is 1.05 bits per heavy atom. The van der Waals surface area contributed by atoms with Gasteiger partial charge in [0, 0.05) is 38.7 Å². The second-order valence-corrected chi connectivity index (χ2v) is 10.1. The normalized spacial score (nSPS) is 26.4. The van der Waals surface area contributed by atoms with Crippen molar-refractivity contribution in [3.8, 4) is 0 Å². The maximum absolute atomic E-state index is 12.2. The quantitative estimate of drug-likeness (QED) is 0.238. The Hall–Kier alpha value is -3.03. The zero-order valence-electron chi connectivity index (χ0n) is 24.3. The van der Waals surface area contributed by atoms with Crippen LogP contribution in [-0.4, -0.2) is 60.9 Å². The van der Waals surface area contributed by atoms with E-state index in [-0.39, 0.29) is 37.0 Å². The number of fused-ring (bicyclic) bond motifs is 1. The highest BCUT2D eigenvalue weighted by molar-refractivity contribution is 5.90. The van der Waals surface area contributed by atoms with Crippen molar-refractivity contribution in [2.75, 3.05) is 26.9 Å². The van der Waals surface area contributed by atoms with E-state index in [4.69, 9.17) is 29.2 Å². The molecule has 0 aromatic heterocycles. The first-order valence-corrected chi connectivity index (χ1v) is 14.4. The standard InChI is InChI=1S/C18H22O4.C15H18O2.CH4O/c1-3-20-17(19)13(2)18-12-15(14-8-5-4-6-9-14)22-16(18)10-7-11-21-18;1-2-12-11-15(13-7-4-3-5-8-13)17-14(12)9-6-10-16;1-2/h4-6,8-9,15-16H,2-3,7,10-12H2,1H3;3-5,7-8,14-16H,1,6,9-11H2;2H,1H3/t15?,16?,18-;;/m1../s1. The summed E-state index contributed by atoms with van der Waals surface area (Å²) in [5, 5.41) is 15.9. The lowest BCUT2D eigenvalue weighted by atomic mass is 9.81. The first-order chi connectivity index (χ1) is 20.0. The average Bonchev–Trinajstić information content (AvgIpc) is 3.64. The zero-order valence-corrected chi connectivity index (χ0v) is 24.3. The third-order valence-electron chi connectivity index (χ3n) is 7.66. The van der Waals surface area contributed by atoms with E-state index in [1.807, 2.05) is 48.5 Å². The van der Waals surface area contributed by atoms with Crippen molar-refractivity contribution < 1.29 is 34.0 Å². The number of hydrogen-bond acceptors (Lipinski definition) is 7. The highest BCUT2D eigenvalue weighted by Gasteiger charge is 2.55. The number of carbonyl (C=O) groups is 1. The summed E-state index contributed by atoms with van der Waals surface area (Å²) in [6.45, 7) is 10.7. The van der Waals surface area contributed by atoms with E-state index in [9.17, 15) is 4.79 Å². The highest BCUT2D eigenvalue weighted by atomic mass is 16.6. The van der Waals surface area contributed by atoms with Crippen LogP contribution in [0.5, 0.6) is 0 Å². The lowest BCUT2D eigenvalue weighted by Gasteiger charge is -2.38. The molecule has 3 aliphatic rings. The summed E-state index contributed by atoms with van der Waals surface area (Å²) in [6.07, 6.45) is 4.87. The van der Waals surface area contributed by atoms with E-state index in [0.29, 0.717) is 25.2 Å². The molecular weight excluding hydrogens is 520 g/mol. The molecule has 3 heterocycles. The van der Waals surface area contributed by atoms with Crippen LogP contribution in [0.15, 0.2) is 90.7 Å². The first-order valence-electron chi connectivity index (χ1n) is 14.4. The van der Waals surface area contributed by atoms with E-state index < -0.39 is 5.60 Å². The fourth-order valence-electron chi connectivity index (χ4n) is 5.63. The summed E-state index contributed by atoms with van der Waals surface area (Å²) in [5.74, 6) is -0.383. The van der Waals surface area contributed by atoms with E-state index in [1.54, 1.807) is 6.92 Å². The van der Waals surface area contributed by atoms with Crippen molar-refractivity contribution >= 4 is 5.97 Å². The van der Waals surface area contributed by atoms with Gasteiger partial charge in [-0.1, -0.05) is 73.8 Å². The minimum atomic E-state index is -0.745. The van der Waals surface area contributed by atoms with E-state index >= 15 is 0 Å². The Morgan fingerprint density at radius 3 is 2.27 bits per heavy atom. The van der Waals surface area contributed by atoms with Gasteiger partial charge in [0.1, 0.15) is 5.60 Å². The van der Waals surface area contributed by atoms with Crippen molar-refractivity contribution in [3.63, 3.8) is 0 Å². The molecule has 0 spiro atoms. The molecule has 0 amide bonds. The van der Waals surface area contributed by atoms with Crippen molar-refractivity contribution in [2.24, 2.45) is 0 Å². The second-order valence-electron chi connectivity index (χ2n) is 10.1. The number of ether oxygens (including phenoxy) is 4. The molecule has 222 valence electrons. The maximum atomic E-state index is 12.2. The van der Waals surface area contributed by atoms with Crippen molar-refractivity contribution in [3.05, 3.63) is 102 Å². The highest BCUT2D eigenvalue weighted by Crippen LogP contribution is 2.49. The SMILES string of the molecule is C=C(C(=O)OCC)[C@]12CC(c3ccccc3)OC1CCCO2.C=C=C1CC(c2ccccc2)OC1CCCO.CO. The molecule has 41 heavy (non-hydrogen) atoms. The molecule has 7 nitrogen and oxygen atoms in total. The van der Waals surface area contributed by atoms with Crippen molar-refractivity contribution in [1.29, 1.82) is 0 Å². The smallest absolute Gasteiger partial charge is 0.336 e. The fraction of sp³-hybridized carbons (Fsp3) is 0.471. The van der Waals surface area contributed by atoms with Crippen LogP contribution < -0.4 is 0 Å². The van der Waals surface area contributed by atoms with Gasteiger partial charge in [-0.3, -0.25) is 0 Å². The number of aliphatic hydroxyl groups is 2. The third-order valence-corrected chi connectivity index (χ3v) is 7.66. The average molecular weight is 565 g/mol. The lowest BCUT2D eigenvalue weighted by Crippen LogP contribution is -2.48. The minimum Gasteiger partial charge on any atom is -0.463 e. The molecule has 3 saturated heterocycles. The van der Waals surface area contributed by atoms with E-state index in [1.165, 1.54) is 5.56 Å². The summed E-state index contributed by atoms with van der Waals surface area (Å²) in [4.78, 5) is 12.2. The van der Waals surface area contributed by atoms with Crippen LogP contribution >= 0.6 is 0 Å². The van der Waals surface area contributed by atoms with Gasteiger partial charge in [0.15, 0.2) is 0 Å². The molecule has 4 unspecified atom stereocenters. The van der Waals surface area contributed by atoms with Gasteiger partial charge in [-0.15, -0.1) is 5.73 Å². The van der Waals surface area contributed by atoms with Crippen molar-refractivity contribution in [2.45, 2.75) is 75.5 Å². The van der Waals surface area contributed by atoms with Gasteiger partial charge >= 0.3 is 5.97 Å². The van der Waals surface area contributed by atoms with Crippen LogP contribution in [0.25, 0.3) is 0 Å². The van der Waals surface area contributed by atoms with Crippen LogP contribution in [0.1, 0.15) is 68.8 Å². The number of rotatable bonds is 8.